The molecule has 1 saturated carbocycles. The van der Waals surface area contributed by atoms with Gasteiger partial charge in [-0.2, -0.15) is 0 Å². The second kappa shape index (κ2) is 15.0. The van der Waals surface area contributed by atoms with Gasteiger partial charge in [-0.05, 0) is 53.8 Å². The summed E-state index contributed by atoms with van der Waals surface area (Å²) in [7, 11) is 0. The molecule has 0 bridgehead atoms. The summed E-state index contributed by atoms with van der Waals surface area (Å²) in [5, 5.41) is 4.94. The fourth-order valence-electron chi connectivity index (χ4n) is 4.85. The maximum atomic E-state index is 13.8. The van der Waals surface area contributed by atoms with E-state index in [1.54, 1.807) is 17.0 Å². The quantitative estimate of drug-likeness (QED) is 0.242. The fraction of sp³-hybridized carbons (Fsp3) is 0.355. The standard InChI is InChI=1S/C31H33Cl3N2O2S/c32-25-14-11-23(12-15-25)20-39-21-30(37)36(19-24-13-16-26(33)18-28(24)34)29(17-22-7-3-1-4-8-22)31(38)35-27-9-5-2-6-10-27/h1,3-4,7-8,11-16,18,27,29H,2,5-6,9-10,17,19-21H2,(H,35,38)/t29-/m1/s1. The van der Waals surface area contributed by atoms with Gasteiger partial charge in [-0.3, -0.25) is 9.59 Å². The first-order valence-corrected chi connectivity index (χ1v) is 15.6. The van der Waals surface area contributed by atoms with Gasteiger partial charge >= 0.3 is 0 Å². The van der Waals surface area contributed by atoms with Crippen LogP contribution in [0.3, 0.4) is 0 Å². The highest BCUT2D eigenvalue weighted by Gasteiger charge is 2.32. The number of hydrogen-bond acceptors (Lipinski definition) is 3. The summed E-state index contributed by atoms with van der Waals surface area (Å²) in [5.74, 6) is 0.665. The lowest BCUT2D eigenvalue weighted by Crippen LogP contribution is -2.53. The topological polar surface area (TPSA) is 49.4 Å². The zero-order valence-corrected chi connectivity index (χ0v) is 24.8. The van der Waals surface area contributed by atoms with Gasteiger partial charge in [0.2, 0.25) is 11.8 Å². The lowest BCUT2D eigenvalue weighted by Gasteiger charge is -2.33. The molecule has 3 aromatic carbocycles. The van der Waals surface area contributed by atoms with Crippen LogP contribution in [-0.2, 0) is 28.3 Å². The number of halogens is 3. The van der Waals surface area contributed by atoms with Gasteiger partial charge in [0.05, 0.1) is 5.75 Å². The fourth-order valence-corrected chi connectivity index (χ4v) is 6.32. The van der Waals surface area contributed by atoms with Crippen molar-refractivity contribution in [3.05, 3.63) is 105 Å². The molecule has 8 heteroatoms. The number of carbonyl (C=O) groups is 2. The SMILES string of the molecule is O=C(NC1CCCCC1)[C@@H](Cc1ccccc1)N(Cc1ccc(Cl)cc1Cl)C(=O)CSCc1ccc(Cl)cc1. The summed E-state index contributed by atoms with van der Waals surface area (Å²) < 4.78 is 0. The molecule has 0 aromatic heterocycles. The van der Waals surface area contributed by atoms with Crippen LogP contribution in [0.1, 0.15) is 48.8 Å². The Morgan fingerprint density at radius 1 is 0.872 bits per heavy atom. The Hall–Kier alpha value is -2.18. The largest absolute Gasteiger partial charge is 0.352 e. The molecule has 4 nitrogen and oxygen atoms in total. The maximum absolute atomic E-state index is 13.8. The van der Waals surface area contributed by atoms with Crippen LogP contribution in [0.4, 0.5) is 0 Å². The predicted molar refractivity (Wildman–Crippen MR) is 164 cm³/mol. The van der Waals surface area contributed by atoms with E-state index in [1.807, 2.05) is 60.7 Å². The normalized spacial score (nSPS) is 14.5. The molecule has 1 atom stereocenters. The van der Waals surface area contributed by atoms with Gasteiger partial charge in [-0.1, -0.05) is 103 Å². The second-order valence-corrected chi connectivity index (χ2v) is 12.2. The summed E-state index contributed by atoms with van der Waals surface area (Å²) in [6, 6.07) is 22.2. The molecule has 4 rings (SSSR count). The van der Waals surface area contributed by atoms with E-state index in [2.05, 4.69) is 5.32 Å². The minimum atomic E-state index is -0.676. The molecule has 1 fully saturated rings. The van der Waals surface area contributed by atoms with Crippen molar-refractivity contribution in [1.29, 1.82) is 0 Å². The Kier molecular flexibility index (Phi) is 11.5. The predicted octanol–water partition coefficient (Wildman–Crippen LogP) is 7.97. The summed E-state index contributed by atoms with van der Waals surface area (Å²) in [6.45, 7) is 0.214. The molecule has 2 amide bonds. The van der Waals surface area contributed by atoms with E-state index in [4.69, 9.17) is 34.8 Å². The molecule has 1 N–H and O–H groups in total. The van der Waals surface area contributed by atoms with Crippen LogP contribution < -0.4 is 5.32 Å². The molecule has 3 aromatic rings. The highest BCUT2D eigenvalue weighted by molar-refractivity contribution is 7.99. The van der Waals surface area contributed by atoms with Crippen molar-refractivity contribution in [3.8, 4) is 0 Å². The number of nitrogens with zero attached hydrogens (tertiary/aromatic N) is 1. The Morgan fingerprint density at radius 3 is 2.26 bits per heavy atom. The van der Waals surface area contributed by atoms with Gasteiger partial charge in [-0.15, -0.1) is 11.8 Å². The average Bonchev–Trinajstić information content (AvgIpc) is 2.94. The van der Waals surface area contributed by atoms with Gasteiger partial charge in [0, 0.05) is 39.8 Å². The van der Waals surface area contributed by atoms with Crippen LogP contribution in [0.15, 0.2) is 72.8 Å². The summed E-state index contributed by atoms with van der Waals surface area (Å²) in [4.78, 5) is 29.4. The van der Waals surface area contributed by atoms with E-state index in [0.29, 0.717) is 27.2 Å². The monoisotopic (exact) mass is 602 g/mol. The van der Waals surface area contributed by atoms with Gasteiger partial charge in [-0.25, -0.2) is 0 Å². The number of rotatable bonds is 11. The molecule has 0 spiro atoms. The van der Waals surface area contributed by atoms with E-state index >= 15 is 0 Å². The minimum absolute atomic E-state index is 0.111. The molecule has 0 heterocycles. The molecule has 0 saturated heterocycles. The molecule has 0 radical (unpaired) electrons. The molecule has 39 heavy (non-hydrogen) atoms. The maximum Gasteiger partial charge on any atom is 0.243 e. The Balaban J connectivity index is 1.58. The smallest absolute Gasteiger partial charge is 0.243 e. The third kappa shape index (κ3) is 9.18. The van der Waals surface area contributed by atoms with Crippen molar-refractivity contribution in [2.24, 2.45) is 0 Å². The third-order valence-electron chi connectivity index (χ3n) is 6.99. The number of carbonyl (C=O) groups excluding carboxylic acids is 2. The van der Waals surface area contributed by atoms with E-state index < -0.39 is 6.04 Å². The molecule has 1 aliphatic rings. The van der Waals surface area contributed by atoms with Crippen molar-refractivity contribution < 1.29 is 9.59 Å². The van der Waals surface area contributed by atoms with E-state index in [9.17, 15) is 9.59 Å². The van der Waals surface area contributed by atoms with Gasteiger partial charge in [0.15, 0.2) is 0 Å². The van der Waals surface area contributed by atoms with Crippen molar-refractivity contribution in [2.75, 3.05) is 5.75 Å². The second-order valence-electron chi connectivity index (χ2n) is 9.93. The van der Waals surface area contributed by atoms with Gasteiger partial charge in [0.25, 0.3) is 0 Å². The first-order valence-electron chi connectivity index (χ1n) is 13.3. The van der Waals surface area contributed by atoms with Crippen molar-refractivity contribution in [2.45, 2.75) is 62.9 Å². The van der Waals surface area contributed by atoms with Gasteiger partial charge < -0.3 is 10.2 Å². The lowest BCUT2D eigenvalue weighted by molar-refractivity contribution is -0.139. The van der Waals surface area contributed by atoms with Crippen LogP contribution >= 0.6 is 46.6 Å². The third-order valence-corrected chi connectivity index (χ3v) is 8.81. The highest BCUT2D eigenvalue weighted by Crippen LogP contribution is 2.26. The number of thioether (sulfide) groups is 1. The average molecular weight is 604 g/mol. The van der Waals surface area contributed by atoms with Crippen LogP contribution in [0.2, 0.25) is 15.1 Å². The Bertz CT molecular complexity index is 1230. The number of benzene rings is 3. The molecular weight excluding hydrogens is 571 g/mol. The van der Waals surface area contributed by atoms with Crippen LogP contribution in [0, 0.1) is 0 Å². The van der Waals surface area contributed by atoms with Crippen LogP contribution in [0.5, 0.6) is 0 Å². The molecule has 0 aliphatic heterocycles. The van der Waals surface area contributed by atoms with E-state index in [0.717, 1.165) is 42.4 Å². The van der Waals surface area contributed by atoms with Crippen LogP contribution in [0.25, 0.3) is 0 Å². The van der Waals surface area contributed by atoms with E-state index in [1.165, 1.54) is 18.2 Å². The zero-order valence-electron chi connectivity index (χ0n) is 21.8. The first kappa shape index (κ1) is 29.8. The highest BCUT2D eigenvalue weighted by atomic mass is 35.5. The summed E-state index contributed by atoms with van der Waals surface area (Å²) in [5.41, 5.74) is 2.83. The zero-order chi connectivity index (χ0) is 27.6. The van der Waals surface area contributed by atoms with Gasteiger partial charge in [0.1, 0.15) is 6.04 Å². The van der Waals surface area contributed by atoms with Crippen molar-refractivity contribution >= 4 is 58.4 Å². The van der Waals surface area contributed by atoms with Crippen molar-refractivity contribution in [1.82, 2.24) is 10.2 Å². The Labute approximate surface area is 250 Å². The summed E-state index contributed by atoms with van der Waals surface area (Å²) >= 11 is 20.2. The van der Waals surface area contributed by atoms with Crippen molar-refractivity contribution in [3.63, 3.8) is 0 Å². The number of amides is 2. The molecule has 1 aliphatic carbocycles. The lowest BCUT2D eigenvalue weighted by atomic mass is 9.94. The summed E-state index contributed by atoms with van der Waals surface area (Å²) in [6.07, 6.45) is 5.77. The molecule has 0 unspecified atom stereocenters. The van der Waals surface area contributed by atoms with Crippen LogP contribution in [-0.4, -0.2) is 34.6 Å². The molecular formula is C31H33Cl3N2O2S. The Morgan fingerprint density at radius 2 is 1.56 bits per heavy atom. The first-order chi connectivity index (χ1) is 18.9. The minimum Gasteiger partial charge on any atom is -0.352 e. The van der Waals surface area contributed by atoms with E-state index in [-0.39, 0.29) is 30.2 Å². The molecule has 206 valence electrons. The number of nitrogens with one attached hydrogen (secondary N) is 1. The number of hydrogen-bond donors (Lipinski definition) is 1.